The molecular weight excluding hydrogens is 362 g/mol. The Balaban J connectivity index is 0.00000176. The first kappa shape index (κ1) is 17.3. The fourth-order valence-corrected chi connectivity index (χ4v) is 3.13. The molecule has 1 unspecified atom stereocenters. The van der Waals surface area contributed by atoms with Crippen molar-refractivity contribution < 1.29 is 32.7 Å². The molecule has 3 heteroatoms. The van der Waals surface area contributed by atoms with Crippen molar-refractivity contribution in [2.45, 2.75) is 6.92 Å². The molecule has 3 aromatic rings. The normalized spacial score (nSPS) is 11.9. The average molecular weight is 379 g/mol. The SMILES string of the molecule is C=C/C(C)=C(\C=C)c1[c-]cc2c(c1)c1ccccc1n2P.[Y]. The number of rotatable bonds is 3. The maximum absolute atomic E-state index is 3.92. The number of allylic oxidation sites excluding steroid dienone is 4. The van der Waals surface area contributed by atoms with Gasteiger partial charge in [0, 0.05) is 38.2 Å². The summed E-state index contributed by atoms with van der Waals surface area (Å²) in [4.78, 5) is 0. The zero-order valence-electron chi connectivity index (χ0n) is 12.6. The maximum Gasteiger partial charge on any atom is 0.0420 e. The van der Waals surface area contributed by atoms with E-state index >= 15 is 0 Å². The van der Waals surface area contributed by atoms with Crippen LogP contribution in [-0.4, -0.2) is 4.34 Å². The number of hydrogen-bond acceptors (Lipinski definition) is 0. The van der Waals surface area contributed by atoms with E-state index in [0.717, 1.165) is 22.2 Å². The minimum Gasteiger partial charge on any atom is -0.365 e. The van der Waals surface area contributed by atoms with E-state index in [9.17, 15) is 0 Å². The standard InChI is InChI=1S/C19H17NP.Y/c1-4-13(3)15(5-2)14-10-11-19-17(12-14)16-8-6-7-9-18(16)20(19)21;/h4-9,11-12H,1-2,21H2,3H3;/q-1;/b15-13+;. The molecule has 0 aliphatic heterocycles. The molecule has 0 bridgehead atoms. The molecule has 107 valence electrons. The minimum atomic E-state index is 0. The molecule has 1 radical (unpaired) electrons. The molecule has 1 atom stereocenters. The number of nitrogens with zero attached hydrogens (tertiary/aromatic N) is 1. The van der Waals surface area contributed by atoms with Crippen molar-refractivity contribution in [3.63, 3.8) is 0 Å². The van der Waals surface area contributed by atoms with Gasteiger partial charge in [-0.3, -0.25) is 0 Å². The molecule has 0 spiro atoms. The Hall–Kier alpha value is -1.01. The summed E-state index contributed by atoms with van der Waals surface area (Å²) in [6, 6.07) is 16.0. The van der Waals surface area contributed by atoms with Gasteiger partial charge in [0.25, 0.3) is 0 Å². The third-order valence-corrected chi connectivity index (χ3v) is 4.42. The van der Waals surface area contributed by atoms with Gasteiger partial charge in [-0.25, -0.2) is 0 Å². The van der Waals surface area contributed by atoms with Crippen LogP contribution in [0.4, 0.5) is 0 Å². The number of fused-ring (bicyclic) bond motifs is 3. The quantitative estimate of drug-likeness (QED) is 0.327. The third-order valence-electron chi connectivity index (χ3n) is 3.87. The summed E-state index contributed by atoms with van der Waals surface area (Å²) in [7, 11) is 2.77. The van der Waals surface area contributed by atoms with Crippen LogP contribution in [0.2, 0.25) is 0 Å². The van der Waals surface area contributed by atoms with Gasteiger partial charge in [0.05, 0.1) is 0 Å². The van der Waals surface area contributed by atoms with Crippen LogP contribution in [0.5, 0.6) is 0 Å². The molecule has 1 aromatic heterocycles. The number of para-hydroxylation sites is 1. The minimum absolute atomic E-state index is 0. The predicted octanol–water partition coefficient (Wildman–Crippen LogP) is 5.38. The van der Waals surface area contributed by atoms with E-state index in [1.165, 1.54) is 16.3 Å². The van der Waals surface area contributed by atoms with E-state index in [0.29, 0.717) is 0 Å². The fourth-order valence-electron chi connectivity index (χ4n) is 2.69. The van der Waals surface area contributed by atoms with Gasteiger partial charge in [-0.05, 0) is 33.3 Å². The van der Waals surface area contributed by atoms with Crippen LogP contribution in [-0.2, 0) is 32.7 Å². The van der Waals surface area contributed by atoms with E-state index in [-0.39, 0.29) is 32.7 Å². The molecule has 1 heterocycles. The van der Waals surface area contributed by atoms with Crippen LogP contribution in [0.25, 0.3) is 27.4 Å². The van der Waals surface area contributed by atoms with Crippen molar-refractivity contribution in [3.8, 4) is 0 Å². The fraction of sp³-hybridized carbons (Fsp3) is 0.0526. The molecule has 0 aliphatic rings. The molecule has 1 nitrogen and oxygen atoms in total. The molecule has 0 N–H and O–H groups in total. The van der Waals surface area contributed by atoms with Crippen molar-refractivity contribution in [2.24, 2.45) is 0 Å². The summed E-state index contributed by atoms with van der Waals surface area (Å²) in [5.74, 6) is 0. The monoisotopic (exact) mass is 379 g/mol. The Morgan fingerprint density at radius 2 is 1.86 bits per heavy atom. The van der Waals surface area contributed by atoms with Crippen molar-refractivity contribution in [3.05, 3.63) is 78.9 Å². The van der Waals surface area contributed by atoms with Crippen LogP contribution >= 0.6 is 9.39 Å². The number of hydrogen-bond donors (Lipinski definition) is 0. The predicted molar refractivity (Wildman–Crippen MR) is 96.4 cm³/mol. The van der Waals surface area contributed by atoms with Crippen LogP contribution in [0.1, 0.15) is 12.5 Å². The van der Waals surface area contributed by atoms with Crippen LogP contribution in [0.3, 0.4) is 0 Å². The molecule has 0 fully saturated rings. The van der Waals surface area contributed by atoms with Gasteiger partial charge < -0.3 is 4.34 Å². The maximum atomic E-state index is 3.92. The summed E-state index contributed by atoms with van der Waals surface area (Å²) in [5, 5.41) is 2.47. The smallest absolute Gasteiger partial charge is 0.0420 e. The number of benzene rings is 2. The first-order valence-electron chi connectivity index (χ1n) is 6.83. The van der Waals surface area contributed by atoms with E-state index in [1.54, 1.807) is 0 Å². The Labute approximate surface area is 158 Å². The van der Waals surface area contributed by atoms with Crippen molar-refractivity contribution in [1.82, 2.24) is 4.34 Å². The topological polar surface area (TPSA) is 4.93 Å². The van der Waals surface area contributed by atoms with Gasteiger partial charge in [-0.1, -0.05) is 47.4 Å². The summed E-state index contributed by atoms with van der Waals surface area (Å²) in [6.07, 6.45) is 3.72. The Kier molecular flexibility index (Phi) is 5.56. The van der Waals surface area contributed by atoms with Crippen molar-refractivity contribution in [2.75, 3.05) is 0 Å². The molecule has 0 saturated carbocycles. The summed E-state index contributed by atoms with van der Waals surface area (Å²) in [5.41, 5.74) is 5.59. The second-order valence-electron chi connectivity index (χ2n) is 5.04. The summed E-state index contributed by atoms with van der Waals surface area (Å²) < 4.78 is 2.13. The second-order valence-corrected chi connectivity index (χ2v) is 5.55. The van der Waals surface area contributed by atoms with Crippen LogP contribution < -0.4 is 0 Å². The van der Waals surface area contributed by atoms with Crippen molar-refractivity contribution in [1.29, 1.82) is 0 Å². The molecule has 0 aliphatic carbocycles. The average Bonchev–Trinajstić information content (AvgIpc) is 2.81. The van der Waals surface area contributed by atoms with Gasteiger partial charge in [0.2, 0.25) is 0 Å². The summed E-state index contributed by atoms with van der Waals surface area (Å²) in [6.45, 7) is 9.81. The van der Waals surface area contributed by atoms with E-state index in [2.05, 4.69) is 63.3 Å². The molecule has 3 rings (SSSR count). The largest absolute Gasteiger partial charge is 0.365 e. The van der Waals surface area contributed by atoms with E-state index in [1.807, 2.05) is 25.1 Å². The van der Waals surface area contributed by atoms with Gasteiger partial charge in [0.15, 0.2) is 0 Å². The second kappa shape index (κ2) is 7.05. The van der Waals surface area contributed by atoms with Crippen molar-refractivity contribution >= 4 is 36.8 Å². The van der Waals surface area contributed by atoms with Gasteiger partial charge >= 0.3 is 0 Å². The molecule has 0 amide bonds. The molecular formula is C19H17NPY-. The molecule has 2 aromatic carbocycles. The van der Waals surface area contributed by atoms with E-state index in [4.69, 9.17) is 0 Å². The van der Waals surface area contributed by atoms with Crippen LogP contribution in [0, 0.1) is 6.07 Å². The first-order valence-corrected chi connectivity index (χ1v) is 7.35. The summed E-state index contributed by atoms with van der Waals surface area (Å²) >= 11 is 0. The molecule has 22 heavy (non-hydrogen) atoms. The first-order chi connectivity index (χ1) is 10.2. The Morgan fingerprint density at radius 1 is 1.14 bits per heavy atom. The van der Waals surface area contributed by atoms with Gasteiger partial charge in [-0.15, -0.1) is 36.4 Å². The van der Waals surface area contributed by atoms with Gasteiger partial charge in [0.1, 0.15) is 0 Å². The van der Waals surface area contributed by atoms with Crippen LogP contribution in [0.15, 0.2) is 67.3 Å². The molecule has 0 saturated heterocycles. The third kappa shape index (κ3) is 2.78. The zero-order chi connectivity index (χ0) is 15.0. The Bertz CT molecular complexity index is 902. The zero-order valence-corrected chi connectivity index (χ0v) is 16.6. The van der Waals surface area contributed by atoms with Gasteiger partial charge in [-0.2, -0.15) is 0 Å². The van der Waals surface area contributed by atoms with E-state index < -0.39 is 0 Å². The number of aromatic nitrogens is 1. The Morgan fingerprint density at radius 3 is 2.55 bits per heavy atom.